The van der Waals surface area contributed by atoms with Gasteiger partial charge in [0.15, 0.2) is 0 Å². The second kappa shape index (κ2) is 6.02. The summed E-state index contributed by atoms with van der Waals surface area (Å²) in [5.41, 5.74) is 1.31. The zero-order valence-corrected chi connectivity index (χ0v) is 9.78. The Morgan fingerprint density at radius 3 is 2.13 bits per heavy atom. The minimum atomic E-state index is -4.47. The van der Waals surface area contributed by atoms with Crippen molar-refractivity contribution in [2.24, 2.45) is 0 Å². The highest BCUT2D eigenvalue weighted by molar-refractivity contribution is 7.46. The normalized spacial score (nSPS) is 11.0. The summed E-state index contributed by atoms with van der Waals surface area (Å²) < 4.78 is 19.0. The minimum absolute atomic E-state index is 0.186. The largest absolute Gasteiger partial charge is 0.469 e. The fraction of sp³-hybridized carbons (Fsp3) is 0.625. The Kier molecular flexibility index (Phi) is 5.75. The van der Waals surface area contributed by atoms with Crippen LogP contribution in [0.25, 0.3) is 0 Å². The number of phosphoric ester groups is 1. The van der Waals surface area contributed by atoms with Crippen LogP contribution in [0.4, 0.5) is 0 Å². The van der Waals surface area contributed by atoms with E-state index in [1.165, 1.54) is 0 Å². The van der Waals surface area contributed by atoms with Crippen molar-refractivity contribution in [3.8, 4) is 0 Å². The lowest BCUT2D eigenvalue weighted by molar-refractivity contribution is -0.139. The van der Waals surface area contributed by atoms with Gasteiger partial charge in [-0.15, -0.1) is 0 Å². The summed E-state index contributed by atoms with van der Waals surface area (Å²) in [6.45, 7) is 4.63. The molecule has 0 aliphatic heterocycles. The van der Waals surface area contributed by atoms with Gasteiger partial charge in [-0.3, -0.25) is 4.52 Å². The topological polar surface area (TPSA) is 93.1 Å². The Morgan fingerprint density at radius 2 is 1.73 bits per heavy atom. The van der Waals surface area contributed by atoms with Crippen LogP contribution in [0, 0.1) is 0 Å². The first-order chi connectivity index (χ1) is 6.74. The fourth-order valence-electron chi connectivity index (χ4n) is 0.603. The molecule has 0 rings (SSSR count). The van der Waals surface area contributed by atoms with Crippen LogP contribution >= 0.6 is 7.82 Å². The Morgan fingerprint density at radius 1 is 1.20 bits per heavy atom. The summed E-state index contributed by atoms with van der Waals surface area (Å²) in [4.78, 5) is 27.8. The molecule has 0 radical (unpaired) electrons. The number of rotatable bonds is 5. The van der Waals surface area contributed by atoms with Gasteiger partial charge in [-0.1, -0.05) is 5.57 Å². The van der Waals surface area contributed by atoms with E-state index < -0.39 is 13.8 Å². The van der Waals surface area contributed by atoms with Crippen LogP contribution in [0.1, 0.15) is 20.8 Å². The molecule has 0 aromatic heterocycles. The molecule has 0 aromatic carbocycles. The van der Waals surface area contributed by atoms with Crippen LogP contribution in [0.2, 0.25) is 0 Å². The highest BCUT2D eigenvalue weighted by Gasteiger charge is 2.14. The second-order valence-corrected chi connectivity index (χ2v) is 4.32. The molecular formula is C8H15O6P. The van der Waals surface area contributed by atoms with E-state index in [1.54, 1.807) is 20.8 Å². The molecule has 0 spiro atoms. The van der Waals surface area contributed by atoms with E-state index in [4.69, 9.17) is 14.5 Å². The molecule has 2 N–H and O–H groups in total. The molecular weight excluding hydrogens is 223 g/mol. The number of ether oxygens (including phenoxy) is 1. The average molecular weight is 238 g/mol. The zero-order valence-electron chi connectivity index (χ0n) is 8.89. The lowest BCUT2D eigenvalue weighted by Crippen LogP contribution is -2.11. The molecule has 0 atom stereocenters. The molecule has 0 fully saturated rings. The predicted octanol–water partition coefficient (Wildman–Crippen LogP) is 0.995. The van der Waals surface area contributed by atoms with Gasteiger partial charge in [0.1, 0.15) is 6.61 Å². The van der Waals surface area contributed by atoms with Gasteiger partial charge >= 0.3 is 13.8 Å². The smallest absolute Gasteiger partial charge is 0.460 e. The maximum absolute atomic E-state index is 11.2. The van der Waals surface area contributed by atoms with E-state index in [0.29, 0.717) is 5.57 Å². The van der Waals surface area contributed by atoms with Crippen LogP contribution in [0.3, 0.4) is 0 Å². The molecule has 0 aliphatic rings. The highest BCUT2D eigenvalue weighted by Crippen LogP contribution is 2.35. The molecule has 0 amide bonds. The molecule has 7 heteroatoms. The number of hydrogen-bond donors (Lipinski definition) is 2. The third-order valence-corrected chi connectivity index (χ3v) is 2.15. The first-order valence-electron chi connectivity index (χ1n) is 4.25. The average Bonchev–Trinajstić information content (AvgIpc) is 2.09. The van der Waals surface area contributed by atoms with Gasteiger partial charge in [0.25, 0.3) is 0 Å². The monoisotopic (exact) mass is 238 g/mol. The predicted molar refractivity (Wildman–Crippen MR) is 53.0 cm³/mol. The van der Waals surface area contributed by atoms with Gasteiger partial charge in [-0.2, -0.15) is 0 Å². The maximum Gasteiger partial charge on any atom is 0.469 e. The van der Waals surface area contributed by atoms with Crippen molar-refractivity contribution < 1.29 is 28.4 Å². The SMILES string of the molecule is CC(C)=C(C)C(=O)OCCOP(=O)(O)O. The Labute approximate surface area is 88.1 Å². The third kappa shape index (κ3) is 7.27. The van der Waals surface area contributed by atoms with Crippen LogP contribution in [0.15, 0.2) is 11.1 Å². The quantitative estimate of drug-likeness (QED) is 0.321. The van der Waals surface area contributed by atoms with Crippen molar-refractivity contribution in [1.82, 2.24) is 0 Å². The van der Waals surface area contributed by atoms with Gasteiger partial charge in [0.05, 0.1) is 6.61 Å². The van der Waals surface area contributed by atoms with Gasteiger partial charge < -0.3 is 14.5 Å². The number of hydrogen-bond acceptors (Lipinski definition) is 4. The van der Waals surface area contributed by atoms with Crippen molar-refractivity contribution >= 4 is 13.8 Å². The number of carbonyl (C=O) groups excluding carboxylic acids is 1. The van der Waals surface area contributed by atoms with E-state index in [9.17, 15) is 9.36 Å². The first-order valence-corrected chi connectivity index (χ1v) is 5.78. The summed E-state index contributed by atoms with van der Waals surface area (Å²) in [5.74, 6) is -0.510. The summed E-state index contributed by atoms with van der Waals surface area (Å²) >= 11 is 0. The molecule has 0 heterocycles. The number of allylic oxidation sites excluding steroid dienone is 1. The molecule has 0 aromatic rings. The van der Waals surface area contributed by atoms with Crippen molar-refractivity contribution in [1.29, 1.82) is 0 Å². The lowest BCUT2D eigenvalue weighted by atomic mass is 10.2. The van der Waals surface area contributed by atoms with Gasteiger partial charge in [0.2, 0.25) is 0 Å². The lowest BCUT2D eigenvalue weighted by Gasteiger charge is -2.07. The Bertz CT molecular complexity index is 298. The fourth-order valence-corrected chi connectivity index (χ4v) is 0.915. The molecule has 0 unspecified atom stereocenters. The Balaban J connectivity index is 3.85. The van der Waals surface area contributed by atoms with Gasteiger partial charge in [-0.05, 0) is 20.8 Å². The van der Waals surface area contributed by atoms with E-state index in [0.717, 1.165) is 5.57 Å². The van der Waals surface area contributed by atoms with E-state index in [-0.39, 0.29) is 13.2 Å². The van der Waals surface area contributed by atoms with E-state index >= 15 is 0 Å². The van der Waals surface area contributed by atoms with Crippen LogP contribution in [-0.2, 0) is 18.6 Å². The number of carbonyl (C=O) groups is 1. The van der Waals surface area contributed by atoms with Crippen molar-refractivity contribution in [3.63, 3.8) is 0 Å². The summed E-state index contributed by atoms with van der Waals surface area (Å²) in [6.07, 6.45) is 0. The molecule has 0 saturated heterocycles. The van der Waals surface area contributed by atoms with E-state index in [1.807, 2.05) is 0 Å². The second-order valence-electron chi connectivity index (χ2n) is 3.08. The number of esters is 1. The highest BCUT2D eigenvalue weighted by atomic mass is 31.2. The van der Waals surface area contributed by atoms with Gasteiger partial charge in [-0.25, -0.2) is 9.36 Å². The van der Waals surface area contributed by atoms with Gasteiger partial charge in [0, 0.05) is 5.57 Å². The van der Waals surface area contributed by atoms with Crippen LogP contribution in [-0.4, -0.2) is 29.0 Å². The van der Waals surface area contributed by atoms with Crippen LogP contribution < -0.4 is 0 Å². The first kappa shape index (κ1) is 14.3. The van der Waals surface area contributed by atoms with Crippen LogP contribution in [0.5, 0.6) is 0 Å². The van der Waals surface area contributed by atoms with E-state index in [2.05, 4.69) is 4.52 Å². The molecule has 0 saturated carbocycles. The molecule has 15 heavy (non-hydrogen) atoms. The molecule has 88 valence electrons. The Hall–Kier alpha value is -0.680. The molecule has 6 nitrogen and oxygen atoms in total. The summed E-state index contributed by atoms with van der Waals surface area (Å²) in [6, 6.07) is 0. The zero-order chi connectivity index (χ0) is 12.1. The third-order valence-electron chi connectivity index (χ3n) is 1.63. The van der Waals surface area contributed by atoms with Crippen molar-refractivity contribution in [2.45, 2.75) is 20.8 Å². The summed E-state index contributed by atoms with van der Waals surface area (Å²) in [5, 5.41) is 0. The maximum atomic E-state index is 11.2. The summed E-state index contributed by atoms with van der Waals surface area (Å²) in [7, 11) is -4.47. The van der Waals surface area contributed by atoms with Crippen molar-refractivity contribution in [3.05, 3.63) is 11.1 Å². The molecule has 0 bridgehead atoms. The minimum Gasteiger partial charge on any atom is -0.460 e. The number of phosphoric acid groups is 1. The molecule has 0 aliphatic carbocycles. The van der Waals surface area contributed by atoms with Crippen molar-refractivity contribution in [2.75, 3.05) is 13.2 Å². The standard InChI is InChI=1S/C8H15O6P/c1-6(2)7(3)8(9)13-4-5-14-15(10,11)12/h4-5H2,1-3H3,(H2,10,11,12).